The molecule has 1 fully saturated rings. The monoisotopic (exact) mass is 635 g/mol. The molecule has 0 bridgehead atoms. The Morgan fingerprint density at radius 3 is 2.27 bits per heavy atom. The Balaban J connectivity index is 1.83. The van der Waals surface area contributed by atoms with Gasteiger partial charge in [-0.05, 0) is 24.8 Å². The summed E-state index contributed by atoms with van der Waals surface area (Å²) in [4.78, 5) is 46.8. The van der Waals surface area contributed by atoms with Gasteiger partial charge in [0.1, 0.15) is 12.1 Å². The lowest BCUT2D eigenvalue weighted by Gasteiger charge is -2.32. The minimum atomic E-state index is -3.58. The Bertz CT molecular complexity index is 1200. The number of ether oxygens (including phenoxy) is 1. The molecule has 44 heavy (non-hydrogen) atoms. The van der Waals surface area contributed by atoms with Crippen molar-refractivity contribution in [1.29, 1.82) is 0 Å². The van der Waals surface area contributed by atoms with E-state index in [0.29, 0.717) is 12.1 Å². The molecule has 4 atom stereocenters. The zero-order valence-electron chi connectivity index (χ0n) is 25.7. The first kappa shape index (κ1) is 35.2. The Morgan fingerprint density at radius 1 is 1.00 bits per heavy atom. The summed E-state index contributed by atoms with van der Waals surface area (Å²) in [5.41, 5.74) is 1.39. The van der Waals surface area contributed by atoms with E-state index >= 15 is 0 Å². The molecule has 1 aromatic heterocycles. The molecule has 2 aromatic rings. The Kier molecular flexibility index (Phi) is 14.3. The number of rotatable bonds is 17. The standard InChI is InChI=1S/C30H46N5O8P/c1-4-43-30(39)35-25(16-22-13-9-6-10-14-22)28(37)34-26(17-23-18-31-20-32-23)29(38)33-24(15-21-11-7-5-8-12-21)27(36)19-44(40,41-2)42-3/h6,9-10,13-14,18,20-21,24-27,36H,4-5,7-8,11-12,15-17,19H2,1-3H3,(H,31,32)(H,33,38)(H,34,37)(H,35,39)/t24-,25-,26-,27-/m0/s1. The molecular formula is C30H46N5O8P. The molecule has 0 saturated heterocycles. The molecule has 1 aromatic carbocycles. The van der Waals surface area contributed by atoms with Crippen molar-refractivity contribution in [2.75, 3.05) is 27.0 Å². The zero-order chi connectivity index (χ0) is 32.0. The van der Waals surface area contributed by atoms with Crippen LogP contribution >= 0.6 is 7.60 Å². The van der Waals surface area contributed by atoms with Crippen LogP contribution < -0.4 is 16.0 Å². The summed E-state index contributed by atoms with van der Waals surface area (Å²) in [7, 11) is -1.09. The molecule has 5 N–H and O–H groups in total. The number of hydrogen-bond donors (Lipinski definition) is 5. The average molecular weight is 636 g/mol. The third-order valence-corrected chi connectivity index (χ3v) is 9.78. The third kappa shape index (κ3) is 11.4. The van der Waals surface area contributed by atoms with Gasteiger partial charge in [0.2, 0.25) is 11.8 Å². The number of aromatic amines is 1. The molecule has 244 valence electrons. The molecular weight excluding hydrogens is 589 g/mol. The number of benzene rings is 1. The van der Waals surface area contributed by atoms with Crippen LogP contribution in [-0.2, 0) is 40.8 Å². The van der Waals surface area contributed by atoms with Crippen LogP contribution in [0.15, 0.2) is 42.9 Å². The number of nitrogens with zero attached hydrogens (tertiary/aromatic N) is 1. The summed E-state index contributed by atoms with van der Waals surface area (Å²) in [5, 5.41) is 19.5. The number of aliphatic hydroxyl groups excluding tert-OH is 1. The molecule has 3 rings (SSSR count). The number of imidazole rings is 1. The van der Waals surface area contributed by atoms with Crippen molar-refractivity contribution < 1.29 is 37.8 Å². The van der Waals surface area contributed by atoms with Gasteiger partial charge in [-0.25, -0.2) is 9.78 Å². The minimum Gasteiger partial charge on any atom is -0.450 e. The van der Waals surface area contributed by atoms with E-state index in [1.54, 1.807) is 13.1 Å². The normalized spacial score (nSPS) is 16.7. The Labute approximate surface area is 258 Å². The number of alkyl carbamates (subject to hydrolysis) is 1. The summed E-state index contributed by atoms with van der Waals surface area (Å²) >= 11 is 0. The second-order valence-corrected chi connectivity index (χ2v) is 13.3. The molecule has 1 heterocycles. The first-order valence-corrected chi connectivity index (χ1v) is 16.8. The van der Waals surface area contributed by atoms with Crippen LogP contribution in [0.25, 0.3) is 0 Å². The number of amides is 3. The van der Waals surface area contributed by atoms with Crippen molar-refractivity contribution in [1.82, 2.24) is 25.9 Å². The number of hydrogen-bond acceptors (Lipinski definition) is 9. The van der Waals surface area contributed by atoms with Crippen LogP contribution in [0.3, 0.4) is 0 Å². The van der Waals surface area contributed by atoms with Gasteiger partial charge >= 0.3 is 13.7 Å². The largest absolute Gasteiger partial charge is 0.450 e. The smallest absolute Gasteiger partial charge is 0.407 e. The van der Waals surface area contributed by atoms with Gasteiger partial charge < -0.3 is 39.8 Å². The predicted octanol–water partition coefficient (Wildman–Crippen LogP) is 3.10. The highest BCUT2D eigenvalue weighted by atomic mass is 31.2. The fourth-order valence-corrected chi connectivity index (χ4v) is 6.59. The molecule has 13 nitrogen and oxygen atoms in total. The topological polar surface area (TPSA) is 181 Å². The molecule has 0 spiro atoms. The second-order valence-electron chi connectivity index (χ2n) is 11.0. The van der Waals surface area contributed by atoms with Gasteiger partial charge in [-0.2, -0.15) is 0 Å². The van der Waals surface area contributed by atoms with E-state index in [1.807, 2.05) is 30.3 Å². The highest BCUT2D eigenvalue weighted by molar-refractivity contribution is 7.53. The first-order chi connectivity index (χ1) is 21.2. The fraction of sp³-hybridized carbons (Fsp3) is 0.600. The minimum absolute atomic E-state index is 0.0654. The van der Waals surface area contributed by atoms with E-state index in [-0.39, 0.29) is 31.5 Å². The van der Waals surface area contributed by atoms with Crippen molar-refractivity contribution in [2.24, 2.45) is 5.92 Å². The molecule has 1 saturated carbocycles. The van der Waals surface area contributed by atoms with Crippen LogP contribution in [0.1, 0.15) is 56.7 Å². The van der Waals surface area contributed by atoms with E-state index in [2.05, 4.69) is 25.9 Å². The zero-order valence-corrected chi connectivity index (χ0v) is 26.6. The molecule has 0 unspecified atom stereocenters. The van der Waals surface area contributed by atoms with Crippen LogP contribution in [0, 0.1) is 5.92 Å². The van der Waals surface area contributed by atoms with Crippen LogP contribution in [0.4, 0.5) is 4.79 Å². The van der Waals surface area contributed by atoms with Crippen molar-refractivity contribution in [3.8, 4) is 0 Å². The molecule has 14 heteroatoms. The van der Waals surface area contributed by atoms with Gasteiger partial charge in [0, 0.05) is 39.0 Å². The van der Waals surface area contributed by atoms with Gasteiger partial charge in [0.25, 0.3) is 0 Å². The van der Waals surface area contributed by atoms with Gasteiger partial charge in [0.05, 0.1) is 31.2 Å². The average Bonchev–Trinajstić information content (AvgIpc) is 3.54. The van der Waals surface area contributed by atoms with E-state index in [4.69, 9.17) is 13.8 Å². The number of aromatic nitrogens is 2. The van der Waals surface area contributed by atoms with Gasteiger partial charge in [-0.1, -0.05) is 62.4 Å². The van der Waals surface area contributed by atoms with Gasteiger partial charge in [0.15, 0.2) is 0 Å². The van der Waals surface area contributed by atoms with Crippen LogP contribution in [0.5, 0.6) is 0 Å². The number of aliphatic hydroxyl groups is 1. The number of nitrogens with one attached hydrogen (secondary N) is 4. The highest BCUT2D eigenvalue weighted by Gasteiger charge is 2.35. The number of carbonyl (C=O) groups excluding carboxylic acids is 3. The quantitative estimate of drug-likeness (QED) is 0.163. The van der Waals surface area contributed by atoms with Crippen molar-refractivity contribution in [3.05, 3.63) is 54.1 Å². The fourth-order valence-electron chi connectivity index (χ4n) is 5.43. The van der Waals surface area contributed by atoms with E-state index < -0.39 is 49.7 Å². The SMILES string of the molecule is CCOC(=O)N[C@@H](Cc1ccccc1)C(=O)N[C@@H](Cc1cnc[nH]1)C(=O)N[C@@H](CC1CCCCC1)[C@@H](O)CP(=O)(OC)OC. The molecule has 1 aliphatic carbocycles. The Morgan fingerprint density at radius 2 is 1.66 bits per heavy atom. The van der Waals surface area contributed by atoms with Gasteiger partial charge in [-0.15, -0.1) is 0 Å². The summed E-state index contributed by atoms with van der Waals surface area (Å²) < 4.78 is 28.0. The first-order valence-electron chi connectivity index (χ1n) is 15.1. The molecule has 3 amide bonds. The van der Waals surface area contributed by atoms with Crippen molar-refractivity contribution in [2.45, 2.75) is 82.5 Å². The van der Waals surface area contributed by atoms with Crippen LogP contribution in [-0.4, -0.2) is 84.2 Å². The predicted molar refractivity (Wildman–Crippen MR) is 164 cm³/mol. The number of carbonyl (C=O) groups is 3. The highest BCUT2D eigenvalue weighted by Crippen LogP contribution is 2.47. The van der Waals surface area contributed by atoms with Crippen molar-refractivity contribution >= 4 is 25.5 Å². The Hall–Kier alpha value is -3.25. The maximum Gasteiger partial charge on any atom is 0.407 e. The summed E-state index contributed by atoms with van der Waals surface area (Å²) in [6, 6.07) is 6.26. The third-order valence-electron chi connectivity index (χ3n) is 7.85. The van der Waals surface area contributed by atoms with E-state index in [9.17, 15) is 24.1 Å². The lowest BCUT2D eigenvalue weighted by molar-refractivity contribution is -0.130. The molecule has 0 radical (unpaired) electrons. The maximum atomic E-state index is 13.9. The molecule has 0 aliphatic heterocycles. The summed E-state index contributed by atoms with van der Waals surface area (Å²) in [6.07, 6.45) is 6.59. The maximum absolute atomic E-state index is 13.9. The summed E-state index contributed by atoms with van der Waals surface area (Å²) in [6.45, 7) is 1.78. The second kappa shape index (κ2) is 17.9. The lowest BCUT2D eigenvalue weighted by Crippen LogP contribution is -2.57. The number of H-pyrrole nitrogens is 1. The molecule has 1 aliphatic rings. The van der Waals surface area contributed by atoms with Crippen molar-refractivity contribution in [3.63, 3.8) is 0 Å². The summed E-state index contributed by atoms with van der Waals surface area (Å²) in [5.74, 6) is -0.876. The van der Waals surface area contributed by atoms with Crippen LogP contribution in [0.2, 0.25) is 0 Å². The lowest BCUT2D eigenvalue weighted by atomic mass is 9.83. The van der Waals surface area contributed by atoms with Gasteiger partial charge in [-0.3, -0.25) is 14.2 Å². The van der Waals surface area contributed by atoms with E-state index in [0.717, 1.165) is 37.7 Å². The van der Waals surface area contributed by atoms with E-state index in [1.165, 1.54) is 20.5 Å².